The van der Waals surface area contributed by atoms with E-state index in [1.165, 1.54) is 0 Å². The summed E-state index contributed by atoms with van der Waals surface area (Å²) in [7, 11) is 0. The third-order valence-corrected chi connectivity index (χ3v) is 2.27. The van der Waals surface area contributed by atoms with E-state index in [2.05, 4.69) is 0 Å². The molecule has 1 heteroatoms. The van der Waals surface area contributed by atoms with Crippen LogP contribution in [0.1, 0.15) is 33.6 Å². The van der Waals surface area contributed by atoms with Crippen LogP contribution < -0.4 is 0 Å². The molecule has 0 aromatic carbocycles. The zero-order valence-corrected chi connectivity index (χ0v) is 6.90. The molecule has 56 valence electrons. The molecule has 0 atom stereocenters. The van der Waals surface area contributed by atoms with Gasteiger partial charge in [0.25, 0.3) is 0 Å². The van der Waals surface area contributed by atoms with Crippen molar-refractivity contribution in [2.45, 2.75) is 33.6 Å². The van der Waals surface area contributed by atoms with Gasteiger partial charge in [0.2, 0.25) is 0 Å². The predicted octanol–water partition coefficient (Wildman–Crippen LogP) is 2.32. The van der Waals surface area contributed by atoms with E-state index in [1.54, 1.807) is 0 Å². The van der Waals surface area contributed by atoms with Gasteiger partial charge in [-0.25, -0.2) is 0 Å². The Morgan fingerprint density at radius 3 is 2.30 bits per heavy atom. The first kappa shape index (κ1) is 7.52. The van der Waals surface area contributed by atoms with E-state index in [9.17, 15) is 4.79 Å². The van der Waals surface area contributed by atoms with Crippen molar-refractivity contribution in [1.29, 1.82) is 0 Å². The van der Waals surface area contributed by atoms with Gasteiger partial charge in [-0.15, -0.1) is 0 Å². The summed E-state index contributed by atoms with van der Waals surface area (Å²) in [6.45, 7) is 5.98. The second kappa shape index (κ2) is 2.22. The lowest BCUT2D eigenvalue weighted by molar-refractivity contribution is -0.121. The largest absolute Gasteiger partial charge is 0.294 e. The fourth-order valence-electron chi connectivity index (χ4n) is 1.38. The summed E-state index contributed by atoms with van der Waals surface area (Å²) in [6, 6.07) is 0. The lowest BCUT2D eigenvalue weighted by atomic mass is 9.90. The fourth-order valence-corrected chi connectivity index (χ4v) is 1.38. The maximum atomic E-state index is 11.4. The van der Waals surface area contributed by atoms with Gasteiger partial charge in [0.15, 0.2) is 5.78 Å². The van der Waals surface area contributed by atoms with Crippen LogP contribution in [0.4, 0.5) is 0 Å². The third kappa shape index (κ3) is 1.00. The van der Waals surface area contributed by atoms with Crippen LogP contribution >= 0.6 is 0 Å². The van der Waals surface area contributed by atoms with Crippen molar-refractivity contribution < 1.29 is 4.79 Å². The molecular formula is C9H14O. The van der Waals surface area contributed by atoms with Crippen LogP contribution in [0.2, 0.25) is 0 Å². The number of ketones is 1. The van der Waals surface area contributed by atoms with Gasteiger partial charge in [0, 0.05) is 5.41 Å². The second-order valence-corrected chi connectivity index (χ2v) is 3.53. The molecule has 1 saturated carbocycles. The van der Waals surface area contributed by atoms with E-state index in [4.69, 9.17) is 0 Å². The normalized spacial score (nSPS) is 27.9. The Kier molecular flexibility index (Phi) is 1.67. The van der Waals surface area contributed by atoms with Gasteiger partial charge in [-0.3, -0.25) is 4.79 Å². The molecule has 0 saturated heterocycles. The van der Waals surface area contributed by atoms with Gasteiger partial charge in [0.05, 0.1) is 0 Å². The summed E-state index contributed by atoms with van der Waals surface area (Å²) in [5.41, 5.74) is 0.937. The fraction of sp³-hybridized carbons (Fsp3) is 0.667. The molecule has 1 fully saturated rings. The molecule has 10 heavy (non-hydrogen) atoms. The highest BCUT2D eigenvalue weighted by Gasteiger charge is 2.35. The van der Waals surface area contributed by atoms with Crippen LogP contribution in [0.5, 0.6) is 0 Å². The average molecular weight is 138 g/mol. The summed E-state index contributed by atoms with van der Waals surface area (Å²) in [5.74, 6) is 0.343. The van der Waals surface area contributed by atoms with E-state index >= 15 is 0 Å². The maximum Gasteiger partial charge on any atom is 0.164 e. The number of carbonyl (C=O) groups is 1. The topological polar surface area (TPSA) is 17.1 Å². The van der Waals surface area contributed by atoms with Crippen molar-refractivity contribution in [1.82, 2.24) is 0 Å². The Balaban J connectivity index is 2.88. The van der Waals surface area contributed by atoms with Crippen LogP contribution in [0.25, 0.3) is 0 Å². The van der Waals surface area contributed by atoms with Gasteiger partial charge >= 0.3 is 0 Å². The molecule has 0 N–H and O–H groups in total. The molecular weight excluding hydrogens is 124 g/mol. The van der Waals surface area contributed by atoms with Crippen LogP contribution in [0.3, 0.4) is 0 Å². The Bertz CT molecular complexity index is 187. The van der Waals surface area contributed by atoms with E-state index in [1.807, 2.05) is 26.8 Å². The Hall–Kier alpha value is -0.590. The summed E-state index contributed by atoms with van der Waals surface area (Å²) in [6.07, 6.45) is 3.94. The molecule has 0 aromatic rings. The summed E-state index contributed by atoms with van der Waals surface area (Å²) in [5, 5.41) is 0. The molecule has 0 radical (unpaired) electrons. The molecule has 1 nitrogen and oxygen atoms in total. The van der Waals surface area contributed by atoms with E-state index < -0.39 is 0 Å². The lowest BCUT2D eigenvalue weighted by Crippen LogP contribution is -2.16. The lowest BCUT2D eigenvalue weighted by Gasteiger charge is -2.12. The maximum absolute atomic E-state index is 11.4. The van der Waals surface area contributed by atoms with E-state index in [0.717, 1.165) is 18.4 Å². The third-order valence-electron chi connectivity index (χ3n) is 2.27. The monoisotopic (exact) mass is 138 g/mol. The van der Waals surface area contributed by atoms with Crippen LogP contribution in [-0.4, -0.2) is 5.78 Å². The SMILES string of the molecule is C/C=C1/CCC(C)(C)C1=O. The number of hydrogen-bond acceptors (Lipinski definition) is 1. The molecule has 0 unspecified atom stereocenters. The smallest absolute Gasteiger partial charge is 0.164 e. The molecule has 0 aliphatic heterocycles. The molecule has 1 aliphatic carbocycles. The first-order chi connectivity index (χ1) is 4.58. The average Bonchev–Trinajstić information content (AvgIpc) is 2.10. The minimum atomic E-state index is -0.0815. The van der Waals surface area contributed by atoms with Crippen LogP contribution in [0, 0.1) is 5.41 Å². The van der Waals surface area contributed by atoms with E-state index in [-0.39, 0.29) is 5.41 Å². The zero-order chi connectivity index (χ0) is 7.78. The Morgan fingerprint density at radius 1 is 1.50 bits per heavy atom. The summed E-state index contributed by atoms with van der Waals surface area (Å²) in [4.78, 5) is 11.4. The van der Waals surface area contributed by atoms with Gasteiger partial charge in [-0.1, -0.05) is 19.9 Å². The number of Topliss-reactive ketones (excluding diaryl/α,β-unsaturated/α-hetero) is 1. The zero-order valence-electron chi connectivity index (χ0n) is 6.90. The van der Waals surface area contributed by atoms with Crippen LogP contribution in [0.15, 0.2) is 11.6 Å². The first-order valence-corrected chi connectivity index (χ1v) is 3.78. The van der Waals surface area contributed by atoms with Crippen molar-refractivity contribution in [3.63, 3.8) is 0 Å². The minimum absolute atomic E-state index is 0.0815. The number of rotatable bonds is 0. The van der Waals surface area contributed by atoms with Gasteiger partial charge < -0.3 is 0 Å². The Labute approximate surface area is 62.1 Å². The van der Waals surface area contributed by atoms with Crippen molar-refractivity contribution in [3.05, 3.63) is 11.6 Å². The highest BCUT2D eigenvalue weighted by molar-refractivity contribution is 6.01. The standard InChI is InChI=1S/C9H14O/c1-4-7-5-6-9(2,3)8(7)10/h4H,5-6H2,1-3H3/b7-4-. The molecule has 0 spiro atoms. The molecule has 1 aliphatic rings. The Morgan fingerprint density at radius 2 is 2.10 bits per heavy atom. The molecule has 1 rings (SSSR count). The predicted molar refractivity (Wildman–Crippen MR) is 41.8 cm³/mol. The van der Waals surface area contributed by atoms with Gasteiger partial charge in [-0.05, 0) is 25.3 Å². The van der Waals surface area contributed by atoms with Crippen LogP contribution in [-0.2, 0) is 4.79 Å². The highest BCUT2D eigenvalue weighted by atomic mass is 16.1. The highest BCUT2D eigenvalue weighted by Crippen LogP contribution is 2.36. The van der Waals surface area contributed by atoms with Gasteiger partial charge in [-0.2, -0.15) is 0 Å². The summed E-state index contributed by atoms with van der Waals surface area (Å²) >= 11 is 0. The van der Waals surface area contributed by atoms with Crippen molar-refractivity contribution in [2.75, 3.05) is 0 Å². The number of carbonyl (C=O) groups excluding carboxylic acids is 1. The van der Waals surface area contributed by atoms with Gasteiger partial charge in [0.1, 0.15) is 0 Å². The number of hydrogen-bond donors (Lipinski definition) is 0. The van der Waals surface area contributed by atoms with Crippen molar-refractivity contribution in [2.24, 2.45) is 5.41 Å². The molecule has 0 aromatic heterocycles. The molecule has 0 heterocycles. The van der Waals surface area contributed by atoms with E-state index in [0.29, 0.717) is 5.78 Å². The van der Waals surface area contributed by atoms with Crippen molar-refractivity contribution in [3.8, 4) is 0 Å². The van der Waals surface area contributed by atoms with Crippen molar-refractivity contribution >= 4 is 5.78 Å². The molecule has 0 bridgehead atoms. The summed E-state index contributed by atoms with van der Waals surface area (Å²) < 4.78 is 0. The number of allylic oxidation sites excluding steroid dienone is 2. The quantitative estimate of drug-likeness (QED) is 0.469. The minimum Gasteiger partial charge on any atom is -0.294 e. The second-order valence-electron chi connectivity index (χ2n) is 3.53. The molecule has 0 amide bonds. The first-order valence-electron chi connectivity index (χ1n) is 3.78.